The molecule has 0 heterocycles. The molecular weight excluding hydrogens is 279 g/mol. The summed E-state index contributed by atoms with van der Waals surface area (Å²) in [6.07, 6.45) is 1.56. The van der Waals surface area contributed by atoms with Crippen molar-refractivity contribution in [3.63, 3.8) is 0 Å². The topological polar surface area (TPSA) is 20.2 Å². The monoisotopic (exact) mass is 294 g/mol. The first-order chi connectivity index (χ1) is 9.20. The first-order valence-electron chi connectivity index (χ1n) is 6.28. The summed E-state index contributed by atoms with van der Waals surface area (Å²) in [4.78, 5) is 0. The third-order valence-electron chi connectivity index (χ3n) is 3.17. The van der Waals surface area contributed by atoms with Gasteiger partial charge in [0.1, 0.15) is 0 Å². The van der Waals surface area contributed by atoms with Gasteiger partial charge in [0.2, 0.25) is 0 Å². The number of rotatable bonds is 5. The van der Waals surface area contributed by atoms with Gasteiger partial charge < -0.3 is 5.11 Å². The van der Waals surface area contributed by atoms with Gasteiger partial charge in [-0.05, 0) is 36.0 Å². The SMILES string of the molecule is OCC(Cc1ccccc1)Cc1cccc(Cl)c1Cl. The van der Waals surface area contributed by atoms with Crippen molar-refractivity contribution in [3.8, 4) is 0 Å². The Bertz CT molecular complexity index is 526. The molecule has 0 aliphatic rings. The molecule has 2 aromatic rings. The van der Waals surface area contributed by atoms with Crippen LogP contribution < -0.4 is 0 Å². The highest BCUT2D eigenvalue weighted by Crippen LogP contribution is 2.28. The molecule has 0 saturated carbocycles. The van der Waals surface area contributed by atoms with E-state index in [1.54, 1.807) is 6.07 Å². The van der Waals surface area contributed by atoms with Crippen LogP contribution in [0.5, 0.6) is 0 Å². The van der Waals surface area contributed by atoms with Gasteiger partial charge in [-0.3, -0.25) is 0 Å². The molecule has 0 aliphatic heterocycles. The number of benzene rings is 2. The van der Waals surface area contributed by atoms with Gasteiger partial charge in [-0.1, -0.05) is 65.7 Å². The standard InChI is InChI=1S/C16H16Cl2O/c17-15-8-4-7-14(16(15)18)10-13(11-19)9-12-5-2-1-3-6-12/h1-8,13,19H,9-11H2. The maximum Gasteiger partial charge on any atom is 0.0624 e. The van der Waals surface area contributed by atoms with E-state index in [9.17, 15) is 5.11 Å². The van der Waals surface area contributed by atoms with E-state index in [4.69, 9.17) is 23.2 Å². The van der Waals surface area contributed by atoms with Crippen molar-refractivity contribution in [1.82, 2.24) is 0 Å². The van der Waals surface area contributed by atoms with Crippen LogP contribution in [0.3, 0.4) is 0 Å². The van der Waals surface area contributed by atoms with Crippen LogP contribution in [-0.4, -0.2) is 11.7 Å². The molecule has 3 heteroatoms. The van der Waals surface area contributed by atoms with Crippen LogP contribution in [0.25, 0.3) is 0 Å². The minimum Gasteiger partial charge on any atom is -0.396 e. The van der Waals surface area contributed by atoms with E-state index >= 15 is 0 Å². The van der Waals surface area contributed by atoms with Crippen LogP contribution in [-0.2, 0) is 12.8 Å². The summed E-state index contributed by atoms with van der Waals surface area (Å²) < 4.78 is 0. The average molecular weight is 295 g/mol. The second-order valence-electron chi connectivity index (χ2n) is 4.66. The Morgan fingerprint density at radius 2 is 1.63 bits per heavy atom. The highest BCUT2D eigenvalue weighted by molar-refractivity contribution is 6.42. The largest absolute Gasteiger partial charge is 0.396 e. The van der Waals surface area contributed by atoms with Gasteiger partial charge >= 0.3 is 0 Å². The number of halogens is 2. The number of aliphatic hydroxyl groups excluding tert-OH is 1. The molecule has 0 saturated heterocycles. The first-order valence-corrected chi connectivity index (χ1v) is 7.04. The van der Waals surface area contributed by atoms with Crippen molar-refractivity contribution >= 4 is 23.2 Å². The summed E-state index contributed by atoms with van der Waals surface area (Å²) >= 11 is 12.2. The fourth-order valence-corrected chi connectivity index (χ4v) is 2.56. The van der Waals surface area contributed by atoms with Gasteiger partial charge in [0, 0.05) is 6.61 Å². The van der Waals surface area contributed by atoms with Crippen molar-refractivity contribution in [2.24, 2.45) is 5.92 Å². The van der Waals surface area contributed by atoms with E-state index in [1.807, 2.05) is 30.3 Å². The molecule has 1 nitrogen and oxygen atoms in total. The predicted molar refractivity (Wildman–Crippen MR) is 80.9 cm³/mol. The van der Waals surface area contributed by atoms with Gasteiger partial charge in [-0.25, -0.2) is 0 Å². The Labute approximate surface area is 123 Å². The van der Waals surface area contributed by atoms with Gasteiger partial charge in [-0.2, -0.15) is 0 Å². The summed E-state index contributed by atoms with van der Waals surface area (Å²) in [5.74, 6) is 0.151. The van der Waals surface area contributed by atoms with Crippen LogP contribution >= 0.6 is 23.2 Å². The first kappa shape index (κ1) is 14.4. The summed E-state index contributed by atoms with van der Waals surface area (Å²) in [7, 11) is 0. The van der Waals surface area contributed by atoms with Crippen LogP contribution in [0.4, 0.5) is 0 Å². The fourth-order valence-electron chi connectivity index (χ4n) is 2.17. The molecule has 0 aliphatic carbocycles. The van der Waals surface area contributed by atoms with Crippen molar-refractivity contribution < 1.29 is 5.11 Å². The zero-order valence-electron chi connectivity index (χ0n) is 10.5. The zero-order chi connectivity index (χ0) is 13.7. The lowest BCUT2D eigenvalue weighted by atomic mass is 9.93. The third-order valence-corrected chi connectivity index (χ3v) is 4.02. The zero-order valence-corrected chi connectivity index (χ0v) is 12.0. The van der Waals surface area contributed by atoms with Crippen LogP contribution in [0.2, 0.25) is 10.0 Å². The molecule has 0 radical (unpaired) electrons. The molecule has 100 valence electrons. The van der Waals surface area contributed by atoms with Crippen LogP contribution in [0, 0.1) is 5.92 Å². The van der Waals surface area contributed by atoms with Gasteiger partial charge in [0.05, 0.1) is 10.0 Å². The number of hydrogen-bond donors (Lipinski definition) is 1. The Kier molecular flexibility index (Phi) is 5.26. The van der Waals surface area contributed by atoms with E-state index in [0.29, 0.717) is 10.0 Å². The molecule has 0 bridgehead atoms. The lowest BCUT2D eigenvalue weighted by Gasteiger charge is -2.15. The van der Waals surface area contributed by atoms with E-state index in [-0.39, 0.29) is 12.5 Å². The Morgan fingerprint density at radius 3 is 2.32 bits per heavy atom. The lowest BCUT2D eigenvalue weighted by molar-refractivity contribution is 0.225. The lowest BCUT2D eigenvalue weighted by Crippen LogP contribution is -2.13. The number of hydrogen-bond acceptors (Lipinski definition) is 1. The van der Waals surface area contributed by atoms with E-state index < -0.39 is 0 Å². The normalized spacial score (nSPS) is 12.4. The van der Waals surface area contributed by atoms with Gasteiger partial charge in [-0.15, -0.1) is 0 Å². The van der Waals surface area contributed by atoms with Crippen molar-refractivity contribution in [2.75, 3.05) is 6.61 Å². The summed E-state index contributed by atoms with van der Waals surface area (Å²) in [5.41, 5.74) is 2.21. The maximum atomic E-state index is 9.53. The number of aliphatic hydroxyl groups is 1. The maximum absolute atomic E-state index is 9.53. The minimum absolute atomic E-state index is 0.137. The summed E-state index contributed by atoms with van der Waals surface area (Å²) in [6, 6.07) is 15.8. The molecule has 1 N–H and O–H groups in total. The molecule has 0 amide bonds. The molecule has 2 rings (SSSR count). The summed E-state index contributed by atoms with van der Waals surface area (Å²) in [5, 5.41) is 10.7. The highest BCUT2D eigenvalue weighted by Gasteiger charge is 2.13. The second-order valence-corrected chi connectivity index (χ2v) is 5.44. The van der Waals surface area contributed by atoms with Crippen molar-refractivity contribution in [2.45, 2.75) is 12.8 Å². The predicted octanol–water partition coefficient (Wildman–Crippen LogP) is 4.39. The van der Waals surface area contributed by atoms with Gasteiger partial charge in [0.25, 0.3) is 0 Å². The van der Waals surface area contributed by atoms with Crippen molar-refractivity contribution in [3.05, 3.63) is 69.7 Å². The van der Waals surface area contributed by atoms with E-state index in [0.717, 1.165) is 18.4 Å². The Balaban J connectivity index is 2.09. The molecule has 1 unspecified atom stereocenters. The quantitative estimate of drug-likeness (QED) is 0.867. The molecule has 1 atom stereocenters. The van der Waals surface area contributed by atoms with Gasteiger partial charge in [0.15, 0.2) is 0 Å². The minimum atomic E-state index is 0.137. The van der Waals surface area contributed by atoms with E-state index in [1.165, 1.54) is 5.56 Å². The van der Waals surface area contributed by atoms with Crippen LogP contribution in [0.15, 0.2) is 48.5 Å². The highest BCUT2D eigenvalue weighted by atomic mass is 35.5. The van der Waals surface area contributed by atoms with Crippen molar-refractivity contribution in [1.29, 1.82) is 0 Å². The molecule has 19 heavy (non-hydrogen) atoms. The smallest absolute Gasteiger partial charge is 0.0624 e. The average Bonchev–Trinajstić information content (AvgIpc) is 2.44. The Hall–Kier alpha value is -1.02. The molecular formula is C16H16Cl2O. The van der Waals surface area contributed by atoms with E-state index in [2.05, 4.69) is 12.1 Å². The van der Waals surface area contributed by atoms with Crippen LogP contribution in [0.1, 0.15) is 11.1 Å². The molecule has 2 aromatic carbocycles. The second kappa shape index (κ2) is 6.95. The Morgan fingerprint density at radius 1 is 0.895 bits per heavy atom. The molecule has 0 aromatic heterocycles. The third kappa shape index (κ3) is 3.97. The summed E-state index contributed by atoms with van der Waals surface area (Å²) in [6.45, 7) is 0.137. The molecule has 0 spiro atoms. The molecule has 0 fully saturated rings. The fraction of sp³-hybridized carbons (Fsp3) is 0.250.